The number of benzene rings is 1. The van der Waals surface area contributed by atoms with Crippen LogP contribution in [0.1, 0.15) is 34.9 Å². The van der Waals surface area contributed by atoms with E-state index in [2.05, 4.69) is 4.98 Å². The van der Waals surface area contributed by atoms with Gasteiger partial charge in [0.05, 0.1) is 17.3 Å². The fraction of sp³-hybridized carbons (Fsp3) is 0.200. The number of fused-ring (bicyclic) bond motifs is 1. The van der Waals surface area contributed by atoms with Gasteiger partial charge in [0.1, 0.15) is 0 Å². The summed E-state index contributed by atoms with van der Waals surface area (Å²) in [4.78, 5) is 16.7. The van der Waals surface area contributed by atoms with Crippen molar-refractivity contribution >= 4 is 28.1 Å². The SMILES string of the molecule is CCC(O)c1csc(C(=O)n2ccc3ccccc32)n1. The highest BCUT2D eigenvalue weighted by Gasteiger charge is 2.17. The van der Waals surface area contributed by atoms with Crippen molar-refractivity contribution in [2.24, 2.45) is 0 Å². The lowest BCUT2D eigenvalue weighted by atomic mass is 10.2. The van der Waals surface area contributed by atoms with Crippen molar-refractivity contribution in [2.75, 3.05) is 0 Å². The molecule has 0 fully saturated rings. The molecular weight excluding hydrogens is 272 g/mol. The third kappa shape index (κ3) is 2.15. The maximum absolute atomic E-state index is 12.5. The Labute approximate surface area is 120 Å². The minimum absolute atomic E-state index is 0.161. The standard InChI is InChI=1S/C15H14N2O2S/c1-2-13(18)11-9-20-14(16-11)15(19)17-8-7-10-5-3-4-6-12(10)17/h3-9,13,18H,2H2,1H3. The van der Waals surface area contributed by atoms with Crippen molar-refractivity contribution < 1.29 is 9.90 Å². The number of hydrogen-bond donors (Lipinski definition) is 1. The Morgan fingerprint density at radius 2 is 2.20 bits per heavy atom. The lowest BCUT2D eigenvalue weighted by Gasteiger charge is -2.03. The van der Waals surface area contributed by atoms with E-state index in [-0.39, 0.29) is 5.91 Å². The van der Waals surface area contributed by atoms with Crippen LogP contribution in [0.3, 0.4) is 0 Å². The summed E-state index contributed by atoms with van der Waals surface area (Å²) in [7, 11) is 0. The molecule has 2 heterocycles. The van der Waals surface area contributed by atoms with Crippen LogP contribution in [-0.2, 0) is 0 Å². The van der Waals surface area contributed by atoms with Gasteiger partial charge in [-0.15, -0.1) is 11.3 Å². The Balaban J connectivity index is 1.98. The van der Waals surface area contributed by atoms with Crippen molar-refractivity contribution in [1.29, 1.82) is 0 Å². The van der Waals surface area contributed by atoms with Gasteiger partial charge in [-0.05, 0) is 18.6 Å². The first-order chi connectivity index (χ1) is 9.70. The molecule has 1 unspecified atom stereocenters. The van der Waals surface area contributed by atoms with Crippen molar-refractivity contribution in [3.63, 3.8) is 0 Å². The maximum atomic E-state index is 12.5. The summed E-state index contributed by atoms with van der Waals surface area (Å²) in [5, 5.41) is 12.9. The molecule has 4 nitrogen and oxygen atoms in total. The zero-order chi connectivity index (χ0) is 14.1. The predicted octanol–water partition coefficient (Wildman–Crippen LogP) is 3.23. The molecule has 2 aromatic heterocycles. The van der Waals surface area contributed by atoms with E-state index in [9.17, 15) is 9.90 Å². The second-order valence-electron chi connectivity index (χ2n) is 4.55. The summed E-state index contributed by atoms with van der Waals surface area (Å²) in [5.41, 5.74) is 1.43. The number of aliphatic hydroxyl groups is 1. The molecule has 0 aliphatic heterocycles. The smallest absolute Gasteiger partial charge is 0.291 e. The molecule has 0 bridgehead atoms. The fourth-order valence-electron chi connectivity index (χ4n) is 2.11. The number of carbonyl (C=O) groups is 1. The quantitative estimate of drug-likeness (QED) is 0.804. The van der Waals surface area contributed by atoms with Crippen LogP contribution in [0.2, 0.25) is 0 Å². The van der Waals surface area contributed by atoms with Crippen molar-refractivity contribution in [2.45, 2.75) is 19.4 Å². The van der Waals surface area contributed by atoms with E-state index in [1.54, 1.807) is 16.1 Å². The van der Waals surface area contributed by atoms with Crippen LogP contribution in [0.5, 0.6) is 0 Å². The van der Waals surface area contributed by atoms with Gasteiger partial charge in [0.15, 0.2) is 5.01 Å². The third-order valence-corrected chi connectivity index (χ3v) is 4.10. The number of para-hydroxylation sites is 1. The van der Waals surface area contributed by atoms with E-state index in [4.69, 9.17) is 0 Å². The van der Waals surface area contributed by atoms with Gasteiger partial charge in [0.2, 0.25) is 0 Å². The van der Waals surface area contributed by atoms with Crippen molar-refractivity contribution in [3.8, 4) is 0 Å². The molecule has 0 saturated heterocycles. The Bertz CT molecular complexity index is 760. The molecule has 0 aliphatic carbocycles. The molecule has 0 aliphatic rings. The number of nitrogens with zero attached hydrogens (tertiary/aromatic N) is 2. The van der Waals surface area contributed by atoms with E-state index in [0.29, 0.717) is 17.1 Å². The zero-order valence-corrected chi connectivity index (χ0v) is 11.8. The fourth-order valence-corrected chi connectivity index (χ4v) is 2.91. The normalized spacial score (nSPS) is 12.7. The molecule has 0 spiro atoms. The molecule has 20 heavy (non-hydrogen) atoms. The van der Waals surface area contributed by atoms with Crippen LogP contribution in [0, 0.1) is 0 Å². The van der Waals surface area contributed by atoms with Crippen LogP contribution < -0.4 is 0 Å². The summed E-state index contributed by atoms with van der Waals surface area (Å²) >= 11 is 1.27. The average Bonchev–Trinajstić information content (AvgIpc) is 3.12. The molecule has 0 amide bonds. The lowest BCUT2D eigenvalue weighted by Crippen LogP contribution is -2.10. The van der Waals surface area contributed by atoms with Gasteiger partial charge in [0.25, 0.3) is 5.91 Å². The Morgan fingerprint density at radius 3 is 3.00 bits per heavy atom. The summed E-state index contributed by atoms with van der Waals surface area (Å²) in [6.07, 6.45) is 1.74. The largest absolute Gasteiger partial charge is 0.387 e. The summed E-state index contributed by atoms with van der Waals surface area (Å²) < 4.78 is 1.59. The van der Waals surface area contributed by atoms with Gasteiger partial charge >= 0.3 is 0 Å². The highest BCUT2D eigenvalue weighted by molar-refractivity contribution is 7.11. The number of aliphatic hydroxyl groups excluding tert-OH is 1. The molecule has 0 saturated carbocycles. The monoisotopic (exact) mass is 286 g/mol. The summed E-state index contributed by atoms with van der Waals surface area (Å²) in [6, 6.07) is 9.62. The molecule has 1 N–H and O–H groups in total. The van der Waals surface area contributed by atoms with Crippen LogP contribution >= 0.6 is 11.3 Å². The first-order valence-corrected chi connectivity index (χ1v) is 7.33. The Kier molecular flexibility index (Phi) is 3.38. The van der Waals surface area contributed by atoms with Crippen molar-refractivity contribution in [3.05, 3.63) is 52.6 Å². The van der Waals surface area contributed by atoms with Crippen LogP contribution in [0.4, 0.5) is 0 Å². The van der Waals surface area contributed by atoms with Crippen LogP contribution in [-0.4, -0.2) is 20.6 Å². The molecule has 5 heteroatoms. The van der Waals surface area contributed by atoms with E-state index in [0.717, 1.165) is 10.9 Å². The molecule has 3 rings (SSSR count). The van der Waals surface area contributed by atoms with Crippen LogP contribution in [0.15, 0.2) is 41.9 Å². The Hall–Kier alpha value is -1.98. The van der Waals surface area contributed by atoms with Gasteiger partial charge < -0.3 is 5.11 Å². The second kappa shape index (κ2) is 5.19. The van der Waals surface area contributed by atoms with Crippen molar-refractivity contribution in [1.82, 2.24) is 9.55 Å². The number of thiazole rings is 1. The van der Waals surface area contributed by atoms with E-state index in [1.165, 1.54) is 11.3 Å². The summed E-state index contributed by atoms with van der Waals surface area (Å²) in [6.45, 7) is 1.88. The van der Waals surface area contributed by atoms with Crippen LogP contribution in [0.25, 0.3) is 10.9 Å². The topological polar surface area (TPSA) is 55.1 Å². The first kappa shape index (κ1) is 13.0. The molecule has 0 radical (unpaired) electrons. The maximum Gasteiger partial charge on any atom is 0.291 e. The van der Waals surface area contributed by atoms with E-state index < -0.39 is 6.10 Å². The molecular formula is C15H14N2O2S. The highest BCUT2D eigenvalue weighted by Crippen LogP contribution is 2.22. The highest BCUT2D eigenvalue weighted by atomic mass is 32.1. The zero-order valence-electron chi connectivity index (χ0n) is 11.0. The van der Waals surface area contributed by atoms with Gasteiger partial charge in [-0.2, -0.15) is 0 Å². The molecule has 1 atom stereocenters. The predicted molar refractivity (Wildman–Crippen MR) is 79.0 cm³/mol. The molecule has 1 aromatic carbocycles. The molecule has 102 valence electrons. The van der Waals surface area contributed by atoms with Gasteiger partial charge in [0, 0.05) is 17.0 Å². The van der Waals surface area contributed by atoms with Gasteiger partial charge in [-0.25, -0.2) is 4.98 Å². The van der Waals surface area contributed by atoms with Gasteiger partial charge in [-0.1, -0.05) is 25.1 Å². The number of rotatable bonds is 3. The number of hydrogen-bond acceptors (Lipinski definition) is 4. The van der Waals surface area contributed by atoms with E-state index >= 15 is 0 Å². The van der Waals surface area contributed by atoms with Gasteiger partial charge in [-0.3, -0.25) is 9.36 Å². The minimum atomic E-state index is -0.603. The second-order valence-corrected chi connectivity index (χ2v) is 5.41. The number of carbonyl (C=O) groups excluding carboxylic acids is 1. The minimum Gasteiger partial charge on any atom is -0.387 e. The third-order valence-electron chi connectivity index (χ3n) is 3.25. The first-order valence-electron chi connectivity index (χ1n) is 6.45. The number of aromatic nitrogens is 2. The summed E-state index contributed by atoms with van der Waals surface area (Å²) in [5.74, 6) is -0.161. The van der Waals surface area contributed by atoms with E-state index in [1.807, 2.05) is 37.3 Å². The Morgan fingerprint density at radius 1 is 1.40 bits per heavy atom. The molecule has 3 aromatic rings. The lowest BCUT2D eigenvalue weighted by molar-refractivity contribution is 0.0963. The average molecular weight is 286 g/mol.